The highest BCUT2D eigenvalue weighted by Crippen LogP contribution is 2.10. The van der Waals surface area contributed by atoms with Crippen molar-refractivity contribution in [1.29, 1.82) is 5.26 Å². The van der Waals surface area contributed by atoms with Gasteiger partial charge in [-0.15, -0.1) is 0 Å². The molecule has 1 aromatic rings. The minimum Gasteiger partial charge on any atom is -0.197 e. The summed E-state index contributed by atoms with van der Waals surface area (Å²) in [7, 11) is 0. The molecule has 0 saturated heterocycles. The van der Waals surface area contributed by atoms with Gasteiger partial charge in [-0.2, -0.15) is 5.26 Å². The van der Waals surface area contributed by atoms with E-state index in [1.54, 1.807) is 0 Å². The molecule has 0 unspecified atom stereocenters. The van der Waals surface area contributed by atoms with E-state index < -0.39 is 5.41 Å². The Labute approximate surface area is 79.0 Å². The molecule has 1 heteroatoms. The summed E-state index contributed by atoms with van der Waals surface area (Å²) in [5, 5.41) is 8.72. The van der Waals surface area contributed by atoms with Crippen LogP contribution in [-0.2, 0) is 0 Å². The van der Waals surface area contributed by atoms with Gasteiger partial charge in [0.05, 0.1) is 6.07 Å². The van der Waals surface area contributed by atoms with E-state index in [1.165, 1.54) is 0 Å². The summed E-state index contributed by atoms with van der Waals surface area (Å²) in [5.74, 6) is 5.88. The lowest BCUT2D eigenvalue weighted by atomic mass is 9.96. The van der Waals surface area contributed by atoms with Crippen molar-refractivity contribution < 1.29 is 0 Å². The Morgan fingerprint density at radius 2 is 1.77 bits per heavy atom. The predicted molar refractivity (Wildman–Crippen MR) is 52.7 cm³/mol. The zero-order valence-corrected chi connectivity index (χ0v) is 7.83. The van der Waals surface area contributed by atoms with E-state index >= 15 is 0 Å². The first-order chi connectivity index (χ1) is 6.14. The van der Waals surface area contributed by atoms with Crippen LogP contribution in [0.5, 0.6) is 0 Å². The summed E-state index contributed by atoms with van der Waals surface area (Å²) in [5.41, 5.74) is 0.390. The normalized spacial score (nSPS) is 9.62. The Balaban J connectivity index is 2.87. The Morgan fingerprint density at radius 3 is 2.31 bits per heavy atom. The summed E-state index contributed by atoms with van der Waals surface area (Å²) in [6.07, 6.45) is 0. The second kappa shape index (κ2) is 3.78. The topological polar surface area (TPSA) is 23.8 Å². The summed E-state index contributed by atoms with van der Waals surface area (Å²) < 4.78 is 0. The van der Waals surface area contributed by atoms with E-state index in [0.717, 1.165) is 5.56 Å². The number of hydrogen-bond acceptors (Lipinski definition) is 1. The second-order valence-electron chi connectivity index (χ2n) is 3.35. The Kier molecular flexibility index (Phi) is 2.72. The Morgan fingerprint density at radius 1 is 1.15 bits per heavy atom. The van der Waals surface area contributed by atoms with Crippen molar-refractivity contribution >= 4 is 0 Å². The molecular formula is C12H11N. The van der Waals surface area contributed by atoms with Gasteiger partial charge in [0.2, 0.25) is 0 Å². The highest BCUT2D eigenvalue weighted by atomic mass is 14.3. The van der Waals surface area contributed by atoms with Gasteiger partial charge in [0, 0.05) is 5.56 Å². The van der Waals surface area contributed by atoms with E-state index in [1.807, 2.05) is 44.2 Å². The molecule has 0 spiro atoms. The van der Waals surface area contributed by atoms with E-state index in [4.69, 9.17) is 5.26 Å². The molecule has 0 saturated carbocycles. The smallest absolute Gasteiger partial charge is 0.112 e. The minimum atomic E-state index is -0.560. The third kappa shape index (κ3) is 3.01. The fourth-order valence-electron chi connectivity index (χ4n) is 0.778. The fourth-order valence-corrected chi connectivity index (χ4v) is 0.778. The van der Waals surface area contributed by atoms with Gasteiger partial charge in [0.1, 0.15) is 5.41 Å². The van der Waals surface area contributed by atoms with Crippen LogP contribution in [0.15, 0.2) is 30.3 Å². The maximum atomic E-state index is 8.72. The number of rotatable bonds is 0. The van der Waals surface area contributed by atoms with Crippen LogP contribution in [0.2, 0.25) is 0 Å². The number of nitrogens with zero attached hydrogens (tertiary/aromatic N) is 1. The summed E-state index contributed by atoms with van der Waals surface area (Å²) in [4.78, 5) is 0. The number of nitriles is 1. The lowest BCUT2D eigenvalue weighted by Crippen LogP contribution is -2.02. The van der Waals surface area contributed by atoms with Crippen LogP contribution >= 0.6 is 0 Å². The molecule has 0 atom stereocenters. The van der Waals surface area contributed by atoms with Crippen LogP contribution in [0.4, 0.5) is 0 Å². The molecule has 0 aliphatic rings. The van der Waals surface area contributed by atoms with Gasteiger partial charge >= 0.3 is 0 Å². The third-order valence-corrected chi connectivity index (χ3v) is 1.57. The zero-order valence-electron chi connectivity index (χ0n) is 7.83. The van der Waals surface area contributed by atoms with Crippen LogP contribution in [0, 0.1) is 28.6 Å². The quantitative estimate of drug-likeness (QED) is 0.547. The van der Waals surface area contributed by atoms with Gasteiger partial charge < -0.3 is 0 Å². The van der Waals surface area contributed by atoms with Gasteiger partial charge in [-0.3, -0.25) is 0 Å². The molecule has 1 nitrogen and oxygen atoms in total. The van der Waals surface area contributed by atoms with Crippen LogP contribution in [0.3, 0.4) is 0 Å². The Hall–Kier alpha value is -1.73. The van der Waals surface area contributed by atoms with E-state index in [0.29, 0.717) is 0 Å². The molecule has 0 aliphatic heterocycles. The van der Waals surface area contributed by atoms with Crippen molar-refractivity contribution in [2.24, 2.45) is 5.41 Å². The van der Waals surface area contributed by atoms with Crippen LogP contribution in [-0.4, -0.2) is 0 Å². The third-order valence-electron chi connectivity index (χ3n) is 1.57. The molecular weight excluding hydrogens is 158 g/mol. The van der Waals surface area contributed by atoms with Gasteiger partial charge in [0.15, 0.2) is 0 Å². The van der Waals surface area contributed by atoms with E-state index in [9.17, 15) is 0 Å². The van der Waals surface area contributed by atoms with Crippen molar-refractivity contribution in [2.45, 2.75) is 13.8 Å². The second-order valence-corrected chi connectivity index (χ2v) is 3.35. The lowest BCUT2D eigenvalue weighted by Gasteiger charge is -2.02. The van der Waals surface area contributed by atoms with Crippen LogP contribution < -0.4 is 0 Å². The number of hydrogen-bond donors (Lipinski definition) is 0. The predicted octanol–water partition coefficient (Wildman–Crippen LogP) is 2.59. The molecule has 0 heterocycles. The van der Waals surface area contributed by atoms with Crippen molar-refractivity contribution in [1.82, 2.24) is 0 Å². The molecule has 1 aromatic carbocycles. The number of benzene rings is 1. The maximum absolute atomic E-state index is 8.72. The summed E-state index contributed by atoms with van der Waals surface area (Å²) in [6, 6.07) is 11.8. The molecule has 13 heavy (non-hydrogen) atoms. The molecule has 0 radical (unpaired) electrons. The first kappa shape index (κ1) is 9.36. The highest BCUT2D eigenvalue weighted by molar-refractivity contribution is 5.36. The molecule has 64 valence electrons. The molecule has 0 bridgehead atoms. The SMILES string of the molecule is CC(C)(C#N)C#Cc1ccccc1. The van der Waals surface area contributed by atoms with Crippen molar-refractivity contribution in [2.75, 3.05) is 0 Å². The molecule has 0 N–H and O–H groups in total. The highest BCUT2D eigenvalue weighted by Gasteiger charge is 2.10. The lowest BCUT2D eigenvalue weighted by molar-refractivity contribution is 0.674. The largest absolute Gasteiger partial charge is 0.197 e. The van der Waals surface area contributed by atoms with Gasteiger partial charge in [-0.05, 0) is 26.0 Å². The molecule has 0 fully saturated rings. The van der Waals surface area contributed by atoms with Crippen molar-refractivity contribution in [3.8, 4) is 17.9 Å². The molecule has 0 aromatic heterocycles. The minimum absolute atomic E-state index is 0.560. The summed E-state index contributed by atoms with van der Waals surface area (Å²) >= 11 is 0. The fraction of sp³-hybridized carbons (Fsp3) is 0.250. The van der Waals surface area contributed by atoms with Gasteiger partial charge in [0.25, 0.3) is 0 Å². The van der Waals surface area contributed by atoms with E-state index in [2.05, 4.69) is 17.9 Å². The molecule has 0 amide bonds. The van der Waals surface area contributed by atoms with Crippen LogP contribution in [0.1, 0.15) is 19.4 Å². The van der Waals surface area contributed by atoms with E-state index in [-0.39, 0.29) is 0 Å². The van der Waals surface area contributed by atoms with Crippen molar-refractivity contribution in [3.05, 3.63) is 35.9 Å². The monoisotopic (exact) mass is 169 g/mol. The standard InChI is InChI=1S/C12H11N/c1-12(2,10-13)9-8-11-6-4-3-5-7-11/h3-7H,1-2H3. The summed E-state index contributed by atoms with van der Waals surface area (Å²) in [6.45, 7) is 3.62. The average Bonchev–Trinajstić information content (AvgIpc) is 2.17. The Bertz CT molecular complexity index is 371. The molecule has 0 aliphatic carbocycles. The maximum Gasteiger partial charge on any atom is 0.112 e. The molecule has 1 rings (SSSR count). The first-order valence-corrected chi connectivity index (χ1v) is 4.13. The van der Waals surface area contributed by atoms with Gasteiger partial charge in [-0.25, -0.2) is 0 Å². The average molecular weight is 169 g/mol. The zero-order chi connectivity index (χ0) is 9.73. The van der Waals surface area contributed by atoms with Crippen LogP contribution in [0.25, 0.3) is 0 Å². The van der Waals surface area contributed by atoms with Crippen molar-refractivity contribution in [3.63, 3.8) is 0 Å². The van der Waals surface area contributed by atoms with Gasteiger partial charge in [-0.1, -0.05) is 30.0 Å². The first-order valence-electron chi connectivity index (χ1n) is 4.13.